The lowest BCUT2D eigenvalue weighted by Gasteiger charge is -2.40. The van der Waals surface area contributed by atoms with Gasteiger partial charge in [0.1, 0.15) is 0 Å². The molecule has 0 saturated carbocycles. The van der Waals surface area contributed by atoms with E-state index in [-0.39, 0.29) is 17.5 Å². The quantitative estimate of drug-likeness (QED) is 0.473. The lowest BCUT2D eigenvalue weighted by Crippen LogP contribution is -2.54. The van der Waals surface area contributed by atoms with E-state index in [1.54, 1.807) is 0 Å². The van der Waals surface area contributed by atoms with Gasteiger partial charge < -0.3 is 16.4 Å². The first kappa shape index (κ1) is 13.7. The number of hydrogen-bond acceptors (Lipinski definition) is 1. The summed E-state index contributed by atoms with van der Waals surface area (Å²) in [5, 5.41) is 7.10. The molecule has 1 unspecified atom stereocenters. The Bertz CT molecular complexity index is 251. The lowest BCUT2D eigenvalue weighted by atomic mass is 10.0. The Hall–Kier alpha value is -1.26. The second-order valence-electron chi connectivity index (χ2n) is 4.65. The molecule has 0 amide bonds. The van der Waals surface area contributed by atoms with Crippen LogP contribution in [0.3, 0.4) is 0 Å². The van der Waals surface area contributed by atoms with Gasteiger partial charge >= 0.3 is 0 Å². The van der Waals surface area contributed by atoms with Crippen molar-refractivity contribution in [2.45, 2.75) is 52.6 Å². The normalized spacial score (nSPS) is 14.9. The van der Waals surface area contributed by atoms with Crippen LogP contribution in [0.15, 0.2) is 4.99 Å². The standard InChI is InChI=1S/C10H23N5/c1-6-7(2)15(10(3,4)5)9(13)14-8(11)12/h7H,6H2,1-5H3,(H5,11,12,13,14). The zero-order valence-electron chi connectivity index (χ0n) is 10.3. The number of aliphatic imine (C=N–C) groups is 1. The van der Waals surface area contributed by atoms with Crippen LogP contribution in [0.5, 0.6) is 0 Å². The van der Waals surface area contributed by atoms with E-state index >= 15 is 0 Å². The third-order valence-electron chi connectivity index (χ3n) is 2.24. The summed E-state index contributed by atoms with van der Waals surface area (Å²) in [4.78, 5) is 5.78. The Morgan fingerprint density at radius 3 is 2.13 bits per heavy atom. The third-order valence-corrected chi connectivity index (χ3v) is 2.24. The average Bonchev–Trinajstić information content (AvgIpc) is 1.99. The summed E-state index contributed by atoms with van der Waals surface area (Å²) >= 11 is 0. The minimum absolute atomic E-state index is 0.127. The molecule has 0 rings (SSSR count). The molecule has 88 valence electrons. The molecule has 15 heavy (non-hydrogen) atoms. The summed E-state index contributed by atoms with van der Waals surface area (Å²) in [6, 6.07) is 0.271. The summed E-state index contributed by atoms with van der Waals surface area (Å²) in [7, 11) is 0. The largest absolute Gasteiger partial charge is 0.369 e. The van der Waals surface area contributed by atoms with Crippen molar-refractivity contribution in [3.8, 4) is 0 Å². The summed E-state index contributed by atoms with van der Waals surface area (Å²) in [5.41, 5.74) is 10.9. The number of hydrogen-bond donors (Lipinski definition) is 3. The molecule has 0 radical (unpaired) electrons. The fourth-order valence-corrected chi connectivity index (χ4v) is 1.59. The van der Waals surface area contributed by atoms with E-state index in [0.29, 0.717) is 5.96 Å². The molecular weight excluding hydrogens is 190 g/mol. The summed E-state index contributed by atoms with van der Waals surface area (Å²) in [5.74, 6) is 0.0504. The highest BCUT2D eigenvalue weighted by molar-refractivity contribution is 5.92. The van der Waals surface area contributed by atoms with E-state index in [1.165, 1.54) is 0 Å². The van der Waals surface area contributed by atoms with Crippen LogP contribution >= 0.6 is 0 Å². The summed E-state index contributed by atoms with van der Waals surface area (Å²) in [6.07, 6.45) is 0.964. The van der Waals surface area contributed by atoms with Crippen LogP contribution in [0.25, 0.3) is 0 Å². The van der Waals surface area contributed by atoms with Crippen molar-refractivity contribution >= 4 is 11.9 Å². The SMILES string of the molecule is CCC(C)N(C(N)=NC(=N)N)C(C)(C)C. The van der Waals surface area contributed by atoms with E-state index in [1.807, 2.05) is 4.90 Å². The van der Waals surface area contributed by atoms with Gasteiger partial charge in [-0.25, -0.2) is 0 Å². The maximum atomic E-state index is 7.10. The van der Waals surface area contributed by atoms with Gasteiger partial charge in [0.05, 0.1) is 0 Å². The fourth-order valence-electron chi connectivity index (χ4n) is 1.59. The van der Waals surface area contributed by atoms with E-state index in [2.05, 4.69) is 39.6 Å². The molecule has 5 heteroatoms. The molecule has 0 aliphatic heterocycles. The van der Waals surface area contributed by atoms with Gasteiger partial charge in [-0.05, 0) is 34.1 Å². The van der Waals surface area contributed by atoms with Crippen molar-refractivity contribution in [2.75, 3.05) is 0 Å². The van der Waals surface area contributed by atoms with Crippen LogP contribution in [0.1, 0.15) is 41.0 Å². The van der Waals surface area contributed by atoms with Crippen molar-refractivity contribution in [3.05, 3.63) is 0 Å². The van der Waals surface area contributed by atoms with Gasteiger partial charge in [0.15, 0.2) is 5.96 Å². The van der Waals surface area contributed by atoms with E-state index in [0.717, 1.165) is 6.42 Å². The van der Waals surface area contributed by atoms with Gasteiger partial charge in [0, 0.05) is 11.6 Å². The van der Waals surface area contributed by atoms with Crippen molar-refractivity contribution in [1.29, 1.82) is 5.41 Å². The lowest BCUT2D eigenvalue weighted by molar-refractivity contribution is 0.179. The highest BCUT2D eigenvalue weighted by Gasteiger charge is 2.27. The van der Waals surface area contributed by atoms with Crippen LogP contribution < -0.4 is 11.5 Å². The Morgan fingerprint density at radius 1 is 1.40 bits per heavy atom. The predicted molar refractivity (Wildman–Crippen MR) is 64.9 cm³/mol. The Balaban J connectivity index is 5.04. The molecule has 0 aromatic heterocycles. The van der Waals surface area contributed by atoms with Gasteiger partial charge in [0.25, 0.3) is 0 Å². The molecule has 0 heterocycles. The van der Waals surface area contributed by atoms with Crippen LogP contribution in [-0.4, -0.2) is 28.4 Å². The molecule has 0 spiro atoms. The minimum Gasteiger partial charge on any atom is -0.369 e. The zero-order valence-corrected chi connectivity index (χ0v) is 10.3. The van der Waals surface area contributed by atoms with Crippen LogP contribution in [-0.2, 0) is 0 Å². The van der Waals surface area contributed by atoms with Gasteiger partial charge in [-0.15, -0.1) is 0 Å². The monoisotopic (exact) mass is 213 g/mol. The maximum absolute atomic E-state index is 7.10. The van der Waals surface area contributed by atoms with Crippen molar-refractivity contribution < 1.29 is 0 Å². The zero-order chi connectivity index (χ0) is 12.2. The highest BCUT2D eigenvalue weighted by Crippen LogP contribution is 2.18. The van der Waals surface area contributed by atoms with E-state index in [9.17, 15) is 0 Å². The number of rotatable bonds is 2. The maximum Gasteiger partial charge on any atom is 0.215 e. The van der Waals surface area contributed by atoms with Gasteiger partial charge in [0.2, 0.25) is 5.96 Å². The predicted octanol–water partition coefficient (Wildman–Crippen LogP) is 1.09. The van der Waals surface area contributed by atoms with Crippen LogP contribution in [0.2, 0.25) is 0 Å². The smallest absolute Gasteiger partial charge is 0.215 e. The van der Waals surface area contributed by atoms with Gasteiger partial charge in [-0.2, -0.15) is 4.99 Å². The van der Waals surface area contributed by atoms with Crippen molar-refractivity contribution in [1.82, 2.24) is 4.90 Å². The second-order valence-corrected chi connectivity index (χ2v) is 4.65. The molecule has 0 aromatic carbocycles. The number of nitrogens with two attached hydrogens (primary N) is 2. The Kier molecular flexibility index (Phi) is 4.58. The van der Waals surface area contributed by atoms with Crippen molar-refractivity contribution in [2.24, 2.45) is 16.5 Å². The minimum atomic E-state index is -0.259. The Morgan fingerprint density at radius 2 is 1.87 bits per heavy atom. The summed E-state index contributed by atoms with van der Waals surface area (Å²) < 4.78 is 0. The van der Waals surface area contributed by atoms with Crippen LogP contribution in [0.4, 0.5) is 0 Å². The average molecular weight is 213 g/mol. The molecule has 5 N–H and O–H groups in total. The molecule has 0 bridgehead atoms. The molecule has 1 atom stereocenters. The molecule has 0 aliphatic rings. The molecule has 5 nitrogen and oxygen atoms in total. The second kappa shape index (κ2) is 5.00. The van der Waals surface area contributed by atoms with E-state index < -0.39 is 0 Å². The first-order valence-corrected chi connectivity index (χ1v) is 5.17. The first-order valence-electron chi connectivity index (χ1n) is 5.17. The topological polar surface area (TPSA) is 91.5 Å². The molecule has 0 fully saturated rings. The van der Waals surface area contributed by atoms with E-state index in [4.69, 9.17) is 16.9 Å². The number of guanidine groups is 2. The molecule has 0 aromatic rings. The molecule has 0 aliphatic carbocycles. The Labute approximate surface area is 92.0 Å². The summed E-state index contributed by atoms with van der Waals surface area (Å²) in [6.45, 7) is 10.3. The fraction of sp³-hybridized carbons (Fsp3) is 0.800. The van der Waals surface area contributed by atoms with Crippen molar-refractivity contribution in [3.63, 3.8) is 0 Å². The third kappa shape index (κ3) is 4.18. The molecular formula is C10H23N5. The number of nitrogens with one attached hydrogen (secondary N) is 1. The van der Waals surface area contributed by atoms with Gasteiger partial charge in [-0.1, -0.05) is 6.92 Å². The molecule has 0 saturated heterocycles. The van der Waals surface area contributed by atoms with Crippen LogP contribution in [0, 0.1) is 5.41 Å². The van der Waals surface area contributed by atoms with Gasteiger partial charge in [-0.3, -0.25) is 5.41 Å². The first-order chi connectivity index (χ1) is 6.70. The number of nitrogens with zero attached hydrogens (tertiary/aromatic N) is 2. The highest BCUT2D eigenvalue weighted by atomic mass is 15.3.